The summed E-state index contributed by atoms with van der Waals surface area (Å²) in [7, 11) is 1.67. The van der Waals surface area contributed by atoms with Crippen molar-refractivity contribution in [3.05, 3.63) is 65.2 Å². The number of methoxy groups -OCH3 is 1. The zero-order chi connectivity index (χ0) is 17.5. The number of para-hydroxylation sites is 1. The molecule has 0 fully saturated rings. The van der Waals surface area contributed by atoms with Crippen molar-refractivity contribution in [3.63, 3.8) is 0 Å². The summed E-state index contributed by atoms with van der Waals surface area (Å²) >= 11 is 0. The van der Waals surface area contributed by atoms with Gasteiger partial charge in [0, 0.05) is 18.2 Å². The molecule has 25 heavy (non-hydrogen) atoms. The predicted molar refractivity (Wildman–Crippen MR) is 104 cm³/mol. The van der Waals surface area contributed by atoms with Crippen molar-refractivity contribution in [1.29, 1.82) is 0 Å². The van der Waals surface area contributed by atoms with Gasteiger partial charge in [-0.2, -0.15) is 0 Å². The number of nitrogens with two attached hydrogens (primary N) is 1. The second-order valence-electron chi connectivity index (χ2n) is 6.24. The van der Waals surface area contributed by atoms with Crippen LogP contribution in [0.1, 0.15) is 35.3 Å². The highest BCUT2D eigenvalue weighted by molar-refractivity contribution is 5.94. The number of hydrogen-bond acceptors (Lipinski definition) is 3. The van der Waals surface area contributed by atoms with Crippen LogP contribution in [-0.4, -0.2) is 19.1 Å². The van der Waals surface area contributed by atoms with Crippen molar-refractivity contribution in [2.24, 2.45) is 11.7 Å². The molecular formula is C20H27ClN2O2. The van der Waals surface area contributed by atoms with Crippen LogP contribution in [0.4, 0.5) is 0 Å². The van der Waals surface area contributed by atoms with Gasteiger partial charge in [0.15, 0.2) is 0 Å². The lowest BCUT2D eigenvalue weighted by Crippen LogP contribution is -2.40. The summed E-state index contributed by atoms with van der Waals surface area (Å²) in [6, 6.07) is 15.4. The average molecular weight is 363 g/mol. The first kappa shape index (κ1) is 21.0. The number of ether oxygens (including phenoxy) is 1. The van der Waals surface area contributed by atoms with E-state index >= 15 is 0 Å². The van der Waals surface area contributed by atoms with Gasteiger partial charge in [0.25, 0.3) is 5.91 Å². The molecule has 1 atom stereocenters. The highest BCUT2D eigenvalue weighted by Gasteiger charge is 2.19. The number of benzene rings is 2. The SMILES string of the molecule is COc1ccccc1CC(NC(=O)c1ccc(CN)cc1)C(C)C.Cl. The molecule has 0 bridgehead atoms. The molecule has 0 saturated heterocycles. The summed E-state index contributed by atoms with van der Waals surface area (Å²) in [6.45, 7) is 4.69. The number of amides is 1. The molecule has 0 aliphatic carbocycles. The Morgan fingerprint density at radius 1 is 1.12 bits per heavy atom. The third-order valence-corrected chi connectivity index (χ3v) is 4.21. The van der Waals surface area contributed by atoms with Gasteiger partial charge in [-0.1, -0.05) is 44.2 Å². The third kappa shape index (κ3) is 5.76. The molecule has 3 N–H and O–H groups in total. The van der Waals surface area contributed by atoms with Crippen LogP contribution in [0, 0.1) is 5.92 Å². The topological polar surface area (TPSA) is 64.3 Å². The van der Waals surface area contributed by atoms with Crippen molar-refractivity contribution in [1.82, 2.24) is 5.32 Å². The molecular weight excluding hydrogens is 336 g/mol. The molecule has 0 aromatic heterocycles. The molecule has 2 aromatic rings. The van der Waals surface area contributed by atoms with Gasteiger partial charge in [0.1, 0.15) is 5.75 Å². The fraction of sp³-hybridized carbons (Fsp3) is 0.350. The van der Waals surface area contributed by atoms with Gasteiger partial charge < -0.3 is 15.8 Å². The Kier molecular flexibility index (Phi) is 8.46. The number of rotatable bonds is 7. The highest BCUT2D eigenvalue weighted by atomic mass is 35.5. The van der Waals surface area contributed by atoms with Crippen molar-refractivity contribution in [2.45, 2.75) is 32.9 Å². The Morgan fingerprint density at radius 2 is 1.76 bits per heavy atom. The Labute approximate surface area is 156 Å². The molecule has 1 unspecified atom stereocenters. The number of hydrogen-bond donors (Lipinski definition) is 2. The third-order valence-electron chi connectivity index (χ3n) is 4.21. The van der Waals surface area contributed by atoms with E-state index in [0.29, 0.717) is 18.0 Å². The van der Waals surface area contributed by atoms with Gasteiger partial charge in [-0.3, -0.25) is 4.79 Å². The molecule has 4 nitrogen and oxygen atoms in total. The summed E-state index contributed by atoms with van der Waals surface area (Å²) in [5.74, 6) is 1.10. The van der Waals surface area contributed by atoms with Gasteiger partial charge in [0.05, 0.1) is 7.11 Å². The molecule has 2 aromatic carbocycles. The Morgan fingerprint density at radius 3 is 2.32 bits per heavy atom. The van der Waals surface area contributed by atoms with E-state index in [4.69, 9.17) is 10.5 Å². The fourth-order valence-corrected chi connectivity index (χ4v) is 2.61. The summed E-state index contributed by atoms with van der Waals surface area (Å²) in [4.78, 5) is 12.5. The van der Waals surface area contributed by atoms with E-state index < -0.39 is 0 Å². The van der Waals surface area contributed by atoms with Crippen LogP contribution < -0.4 is 15.8 Å². The lowest BCUT2D eigenvalue weighted by molar-refractivity contribution is 0.0925. The van der Waals surface area contributed by atoms with Gasteiger partial charge >= 0.3 is 0 Å². The van der Waals surface area contributed by atoms with Crippen LogP contribution in [0.15, 0.2) is 48.5 Å². The monoisotopic (exact) mass is 362 g/mol. The minimum Gasteiger partial charge on any atom is -0.496 e. The predicted octanol–water partition coefficient (Wildman–Crippen LogP) is 3.57. The minimum atomic E-state index is -0.0628. The van der Waals surface area contributed by atoms with E-state index in [0.717, 1.165) is 23.3 Å². The smallest absolute Gasteiger partial charge is 0.251 e. The maximum absolute atomic E-state index is 12.5. The van der Waals surface area contributed by atoms with E-state index in [-0.39, 0.29) is 24.4 Å². The molecule has 0 saturated carbocycles. The van der Waals surface area contributed by atoms with Crippen molar-refractivity contribution in [2.75, 3.05) is 7.11 Å². The second kappa shape index (κ2) is 10.1. The summed E-state index contributed by atoms with van der Waals surface area (Å²) in [5, 5.41) is 3.14. The standard InChI is InChI=1S/C20H26N2O2.ClH/c1-14(2)18(12-17-6-4-5-7-19(17)24-3)22-20(23)16-10-8-15(13-21)9-11-16;/h4-11,14,18H,12-13,21H2,1-3H3,(H,22,23);1H. The minimum absolute atomic E-state index is 0. The van der Waals surface area contributed by atoms with Crippen molar-refractivity contribution in [3.8, 4) is 5.75 Å². The molecule has 0 aliphatic rings. The number of carbonyl (C=O) groups is 1. The van der Waals surface area contributed by atoms with Crippen LogP contribution >= 0.6 is 12.4 Å². The van der Waals surface area contributed by atoms with E-state index in [1.807, 2.05) is 48.5 Å². The van der Waals surface area contributed by atoms with Gasteiger partial charge in [-0.05, 0) is 41.7 Å². The molecule has 0 aliphatic heterocycles. The first-order valence-corrected chi connectivity index (χ1v) is 8.27. The molecule has 136 valence electrons. The Bertz CT molecular complexity index is 672. The van der Waals surface area contributed by atoms with E-state index in [1.165, 1.54) is 0 Å². The quantitative estimate of drug-likeness (QED) is 0.791. The number of nitrogens with one attached hydrogen (secondary N) is 1. The van der Waals surface area contributed by atoms with Crippen LogP contribution in [0.25, 0.3) is 0 Å². The Hall–Kier alpha value is -2.04. The first-order chi connectivity index (χ1) is 11.5. The lowest BCUT2D eigenvalue weighted by atomic mass is 9.95. The average Bonchev–Trinajstić information content (AvgIpc) is 2.61. The molecule has 2 rings (SSSR count). The van der Waals surface area contributed by atoms with E-state index in [9.17, 15) is 4.79 Å². The first-order valence-electron chi connectivity index (χ1n) is 8.27. The maximum atomic E-state index is 12.5. The largest absolute Gasteiger partial charge is 0.496 e. The molecule has 0 radical (unpaired) electrons. The zero-order valence-corrected chi connectivity index (χ0v) is 15.8. The Balaban J connectivity index is 0.00000312. The molecule has 0 heterocycles. The molecule has 5 heteroatoms. The van der Waals surface area contributed by atoms with Crippen LogP contribution in [0.2, 0.25) is 0 Å². The summed E-state index contributed by atoms with van der Waals surface area (Å²) in [6.07, 6.45) is 0.730. The van der Waals surface area contributed by atoms with Crippen molar-refractivity contribution < 1.29 is 9.53 Å². The van der Waals surface area contributed by atoms with E-state index in [1.54, 1.807) is 7.11 Å². The second-order valence-corrected chi connectivity index (χ2v) is 6.24. The van der Waals surface area contributed by atoms with Crippen LogP contribution in [-0.2, 0) is 13.0 Å². The fourth-order valence-electron chi connectivity index (χ4n) is 2.61. The van der Waals surface area contributed by atoms with Gasteiger partial charge in [-0.25, -0.2) is 0 Å². The zero-order valence-electron chi connectivity index (χ0n) is 15.0. The highest BCUT2D eigenvalue weighted by Crippen LogP contribution is 2.21. The number of halogens is 1. The summed E-state index contributed by atoms with van der Waals surface area (Å²) in [5.41, 5.74) is 8.36. The molecule has 0 spiro atoms. The summed E-state index contributed by atoms with van der Waals surface area (Å²) < 4.78 is 5.42. The lowest BCUT2D eigenvalue weighted by Gasteiger charge is -2.23. The maximum Gasteiger partial charge on any atom is 0.251 e. The number of carbonyl (C=O) groups excluding carboxylic acids is 1. The molecule has 1 amide bonds. The van der Waals surface area contributed by atoms with Crippen molar-refractivity contribution >= 4 is 18.3 Å². The van der Waals surface area contributed by atoms with Crippen LogP contribution in [0.5, 0.6) is 5.75 Å². The van der Waals surface area contributed by atoms with Crippen LogP contribution in [0.3, 0.4) is 0 Å². The van der Waals surface area contributed by atoms with Gasteiger partial charge in [-0.15, -0.1) is 12.4 Å². The normalized spacial score (nSPS) is 11.6. The van der Waals surface area contributed by atoms with Gasteiger partial charge in [0.2, 0.25) is 0 Å². The van der Waals surface area contributed by atoms with E-state index in [2.05, 4.69) is 19.2 Å².